The second kappa shape index (κ2) is 10.1. The third-order valence-corrected chi connectivity index (χ3v) is 7.94. The highest BCUT2D eigenvalue weighted by Crippen LogP contribution is 2.22. The maximum atomic E-state index is 12.7. The number of rotatable bonds is 9. The topological polar surface area (TPSA) is 113 Å². The van der Waals surface area contributed by atoms with E-state index in [9.17, 15) is 21.6 Å². The van der Waals surface area contributed by atoms with Crippen molar-refractivity contribution >= 4 is 37.6 Å². The van der Waals surface area contributed by atoms with E-state index in [4.69, 9.17) is 11.6 Å². The van der Waals surface area contributed by atoms with E-state index >= 15 is 0 Å². The lowest BCUT2D eigenvalue weighted by atomic mass is 10.1. The Bertz CT molecular complexity index is 1160. The first-order valence-electron chi connectivity index (χ1n) is 9.40. The van der Waals surface area contributed by atoms with Crippen molar-refractivity contribution in [3.63, 3.8) is 0 Å². The van der Waals surface area contributed by atoms with Crippen LogP contribution in [0.4, 0.5) is 0 Å². The average molecular weight is 488 g/mol. The summed E-state index contributed by atoms with van der Waals surface area (Å²) in [5.41, 5.74) is 1.18. The molecule has 0 heterocycles. The van der Waals surface area contributed by atoms with Gasteiger partial charge < -0.3 is 5.32 Å². The number of nitrogens with one attached hydrogen (secondary N) is 2. The van der Waals surface area contributed by atoms with Crippen LogP contribution in [0.15, 0.2) is 47.4 Å². The quantitative estimate of drug-likeness (QED) is 0.563. The number of nitrogens with zero attached hydrogens (tertiary/aromatic N) is 1. The first-order valence-corrected chi connectivity index (χ1v) is 12.9. The lowest BCUT2D eigenvalue weighted by molar-refractivity contribution is 0.0951. The van der Waals surface area contributed by atoms with Gasteiger partial charge in [0.1, 0.15) is 0 Å². The SMILES string of the molecule is CC(C)NS(=O)(=O)Cc1ccccc1CNC(=O)c1cc(S(=O)(=O)N(C)C)ccc1Cl. The normalized spacial score (nSPS) is 12.4. The molecule has 0 saturated heterocycles. The van der Waals surface area contributed by atoms with Crippen molar-refractivity contribution in [2.24, 2.45) is 0 Å². The largest absolute Gasteiger partial charge is 0.348 e. The van der Waals surface area contributed by atoms with Crippen LogP contribution in [0.1, 0.15) is 35.3 Å². The molecule has 0 bridgehead atoms. The Balaban J connectivity index is 2.23. The minimum Gasteiger partial charge on any atom is -0.348 e. The number of benzene rings is 2. The summed E-state index contributed by atoms with van der Waals surface area (Å²) < 4.78 is 52.8. The monoisotopic (exact) mass is 487 g/mol. The molecule has 31 heavy (non-hydrogen) atoms. The van der Waals surface area contributed by atoms with Gasteiger partial charge >= 0.3 is 0 Å². The molecule has 11 heteroatoms. The van der Waals surface area contributed by atoms with Gasteiger partial charge in [0.25, 0.3) is 5.91 Å². The van der Waals surface area contributed by atoms with Crippen LogP contribution in [0.25, 0.3) is 0 Å². The molecule has 2 aromatic rings. The van der Waals surface area contributed by atoms with Crippen LogP contribution in [-0.2, 0) is 32.3 Å². The number of carbonyl (C=O) groups is 1. The zero-order valence-corrected chi connectivity index (χ0v) is 20.1. The van der Waals surface area contributed by atoms with Gasteiger partial charge in [-0.3, -0.25) is 4.79 Å². The Labute approximate surface area is 188 Å². The van der Waals surface area contributed by atoms with Gasteiger partial charge in [-0.1, -0.05) is 35.9 Å². The number of hydrogen-bond donors (Lipinski definition) is 2. The Morgan fingerprint density at radius 1 is 1.03 bits per heavy atom. The van der Waals surface area contributed by atoms with Crippen LogP contribution in [0.5, 0.6) is 0 Å². The third kappa shape index (κ3) is 6.75. The van der Waals surface area contributed by atoms with E-state index in [1.165, 1.54) is 32.3 Å². The summed E-state index contributed by atoms with van der Waals surface area (Å²) in [5.74, 6) is -0.798. The van der Waals surface area contributed by atoms with Crippen molar-refractivity contribution in [1.29, 1.82) is 0 Å². The van der Waals surface area contributed by atoms with E-state index in [-0.39, 0.29) is 33.8 Å². The molecular formula is C20H26ClN3O5S2. The van der Waals surface area contributed by atoms with Crippen molar-refractivity contribution in [3.8, 4) is 0 Å². The molecule has 0 atom stereocenters. The Kier molecular flexibility index (Phi) is 8.23. The summed E-state index contributed by atoms with van der Waals surface area (Å²) >= 11 is 6.11. The molecule has 170 valence electrons. The molecule has 2 N–H and O–H groups in total. The van der Waals surface area contributed by atoms with Crippen molar-refractivity contribution in [2.75, 3.05) is 14.1 Å². The van der Waals surface area contributed by atoms with E-state index in [0.29, 0.717) is 11.1 Å². The summed E-state index contributed by atoms with van der Waals surface area (Å²) in [6, 6.07) is 10.5. The molecule has 8 nitrogen and oxygen atoms in total. The second-order valence-electron chi connectivity index (χ2n) is 7.41. The Morgan fingerprint density at radius 3 is 2.23 bits per heavy atom. The van der Waals surface area contributed by atoms with E-state index in [0.717, 1.165) is 4.31 Å². The standard InChI is InChI=1S/C20H26ClN3O5S2/c1-14(2)23-30(26,27)13-16-8-6-5-7-15(16)12-22-20(25)18-11-17(9-10-19(18)21)31(28,29)24(3)4/h5-11,14,23H,12-13H2,1-4H3,(H,22,25). The van der Waals surface area contributed by atoms with E-state index < -0.39 is 26.0 Å². The van der Waals surface area contributed by atoms with Crippen molar-refractivity contribution in [3.05, 3.63) is 64.2 Å². The lowest BCUT2D eigenvalue weighted by Gasteiger charge is -2.15. The number of carbonyl (C=O) groups excluding carboxylic acids is 1. The molecule has 0 aromatic heterocycles. The van der Waals surface area contributed by atoms with Gasteiger partial charge in [-0.2, -0.15) is 0 Å². The van der Waals surface area contributed by atoms with Crippen LogP contribution in [0.2, 0.25) is 5.02 Å². The molecule has 0 spiro atoms. The van der Waals surface area contributed by atoms with E-state index in [1.54, 1.807) is 38.1 Å². The van der Waals surface area contributed by atoms with Crippen LogP contribution in [-0.4, -0.2) is 47.2 Å². The minimum atomic E-state index is -3.73. The number of hydrogen-bond acceptors (Lipinski definition) is 5. The van der Waals surface area contributed by atoms with Crippen LogP contribution in [0, 0.1) is 0 Å². The summed E-state index contributed by atoms with van der Waals surface area (Å²) in [6.45, 7) is 3.52. The fourth-order valence-electron chi connectivity index (χ4n) is 2.80. The van der Waals surface area contributed by atoms with Crippen LogP contribution >= 0.6 is 11.6 Å². The number of halogens is 1. The Hall–Kier alpha value is -1.98. The van der Waals surface area contributed by atoms with Gasteiger partial charge in [-0.25, -0.2) is 25.9 Å². The predicted molar refractivity (Wildman–Crippen MR) is 121 cm³/mol. The Morgan fingerprint density at radius 2 is 1.65 bits per heavy atom. The number of amides is 1. The molecule has 1 amide bonds. The molecular weight excluding hydrogens is 462 g/mol. The zero-order chi connectivity index (χ0) is 23.4. The van der Waals surface area contributed by atoms with Gasteiger partial charge in [0.2, 0.25) is 20.0 Å². The van der Waals surface area contributed by atoms with E-state index in [2.05, 4.69) is 10.0 Å². The molecule has 0 aliphatic rings. The van der Waals surface area contributed by atoms with Crippen molar-refractivity contribution in [2.45, 2.75) is 37.1 Å². The minimum absolute atomic E-state index is 0.0103. The van der Waals surface area contributed by atoms with Crippen molar-refractivity contribution < 1.29 is 21.6 Å². The molecule has 0 unspecified atom stereocenters. The summed E-state index contributed by atoms with van der Waals surface area (Å²) in [7, 11) is -4.49. The smallest absolute Gasteiger partial charge is 0.253 e. The maximum Gasteiger partial charge on any atom is 0.253 e. The van der Waals surface area contributed by atoms with Gasteiger partial charge in [0.15, 0.2) is 0 Å². The predicted octanol–water partition coefficient (Wildman–Crippen LogP) is 2.35. The molecule has 2 aromatic carbocycles. The van der Waals surface area contributed by atoms with Crippen molar-refractivity contribution in [1.82, 2.24) is 14.3 Å². The highest BCUT2D eigenvalue weighted by molar-refractivity contribution is 7.89. The average Bonchev–Trinajstić information content (AvgIpc) is 2.65. The lowest BCUT2D eigenvalue weighted by Crippen LogP contribution is -2.32. The van der Waals surface area contributed by atoms with Crippen LogP contribution in [0.3, 0.4) is 0 Å². The fourth-order valence-corrected chi connectivity index (χ4v) is 5.42. The highest BCUT2D eigenvalue weighted by Gasteiger charge is 2.21. The van der Waals surface area contributed by atoms with E-state index in [1.807, 2.05) is 0 Å². The molecule has 0 fully saturated rings. The highest BCUT2D eigenvalue weighted by atomic mass is 35.5. The van der Waals surface area contributed by atoms with Gasteiger partial charge in [-0.05, 0) is 43.2 Å². The first kappa shape index (κ1) is 25.3. The fraction of sp³-hybridized carbons (Fsp3) is 0.350. The zero-order valence-electron chi connectivity index (χ0n) is 17.7. The summed E-state index contributed by atoms with van der Waals surface area (Å²) in [4.78, 5) is 12.6. The molecule has 2 rings (SSSR count). The maximum absolute atomic E-state index is 12.7. The van der Waals surface area contributed by atoms with Gasteiger partial charge in [0, 0.05) is 26.7 Å². The second-order valence-corrected chi connectivity index (χ2v) is 11.7. The molecule has 0 aliphatic heterocycles. The van der Waals surface area contributed by atoms with Gasteiger partial charge in [0.05, 0.1) is 21.2 Å². The number of sulfonamides is 2. The van der Waals surface area contributed by atoms with Crippen LogP contribution < -0.4 is 10.0 Å². The summed E-state index contributed by atoms with van der Waals surface area (Å²) in [6.07, 6.45) is 0. The van der Waals surface area contributed by atoms with Gasteiger partial charge in [-0.15, -0.1) is 0 Å². The first-order chi connectivity index (χ1) is 14.3. The molecule has 0 aliphatic carbocycles. The summed E-state index contributed by atoms with van der Waals surface area (Å²) in [5, 5.41) is 2.79. The molecule has 0 radical (unpaired) electrons. The third-order valence-electron chi connectivity index (χ3n) is 4.28. The molecule has 0 saturated carbocycles.